The maximum Gasteiger partial charge on any atom is 0.337 e. The molecule has 0 aliphatic rings. The molecule has 0 unspecified atom stereocenters. The van der Waals surface area contributed by atoms with Crippen molar-refractivity contribution in [1.29, 1.82) is 0 Å². The minimum atomic E-state index is -0.956. The van der Waals surface area contributed by atoms with E-state index in [9.17, 15) is 4.79 Å². The fourth-order valence-electron chi connectivity index (χ4n) is 0.756. The second kappa shape index (κ2) is 4.84. The van der Waals surface area contributed by atoms with Gasteiger partial charge in [0.15, 0.2) is 0 Å². The Morgan fingerprint density at radius 2 is 2.38 bits per heavy atom. The second-order valence-corrected chi connectivity index (χ2v) is 3.44. The predicted octanol–water partition coefficient (Wildman–Crippen LogP) is 0.831. The van der Waals surface area contributed by atoms with Crippen molar-refractivity contribution in [3.63, 3.8) is 0 Å². The molecular formula is C8H10N2O2S. The van der Waals surface area contributed by atoms with Gasteiger partial charge in [0, 0.05) is 18.5 Å². The Labute approximate surface area is 80.2 Å². The summed E-state index contributed by atoms with van der Waals surface area (Å²) < 4.78 is 0. The molecule has 1 rings (SSSR count). The highest BCUT2D eigenvalue weighted by Crippen LogP contribution is 2.13. The Bertz CT molecular complexity index is 287. The van der Waals surface area contributed by atoms with Crippen molar-refractivity contribution in [3.05, 3.63) is 23.9 Å². The molecule has 0 aliphatic heterocycles. The van der Waals surface area contributed by atoms with Crippen molar-refractivity contribution in [2.75, 3.05) is 12.3 Å². The van der Waals surface area contributed by atoms with E-state index in [1.807, 2.05) is 0 Å². The Hall–Kier alpha value is -1.07. The third-order valence-electron chi connectivity index (χ3n) is 1.35. The molecule has 1 aromatic heterocycles. The van der Waals surface area contributed by atoms with E-state index in [1.165, 1.54) is 24.0 Å². The molecule has 70 valence electrons. The molecule has 4 nitrogen and oxygen atoms in total. The van der Waals surface area contributed by atoms with Gasteiger partial charge in [-0.2, -0.15) is 0 Å². The Balaban J connectivity index is 2.64. The van der Waals surface area contributed by atoms with Crippen LogP contribution in [0.3, 0.4) is 0 Å². The summed E-state index contributed by atoms with van der Waals surface area (Å²) in [7, 11) is 0. The van der Waals surface area contributed by atoms with Crippen LogP contribution in [0, 0.1) is 0 Å². The number of carbonyl (C=O) groups is 1. The zero-order chi connectivity index (χ0) is 9.68. The fraction of sp³-hybridized carbons (Fsp3) is 0.250. The molecular weight excluding hydrogens is 188 g/mol. The second-order valence-electron chi connectivity index (χ2n) is 2.33. The van der Waals surface area contributed by atoms with Gasteiger partial charge in [-0.25, -0.2) is 9.78 Å². The van der Waals surface area contributed by atoms with Gasteiger partial charge in [0.1, 0.15) is 0 Å². The highest BCUT2D eigenvalue weighted by Gasteiger charge is 2.02. The zero-order valence-corrected chi connectivity index (χ0v) is 7.75. The molecule has 1 aromatic rings. The lowest BCUT2D eigenvalue weighted by molar-refractivity contribution is 0.0696. The Morgan fingerprint density at radius 3 is 2.85 bits per heavy atom. The zero-order valence-electron chi connectivity index (χ0n) is 6.93. The molecule has 0 atom stereocenters. The van der Waals surface area contributed by atoms with Crippen molar-refractivity contribution in [3.8, 4) is 0 Å². The maximum atomic E-state index is 10.5. The highest BCUT2D eigenvalue weighted by atomic mass is 32.2. The number of nitrogens with zero attached hydrogens (tertiary/aromatic N) is 1. The first kappa shape index (κ1) is 10.0. The summed E-state index contributed by atoms with van der Waals surface area (Å²) in [5, 5.41) is 9.39. The number of carboxylic acids is 1. The van der Waals surface area contributed by atoms with E-state index >= 15 is 0 Å². The molecule has 0 bridgehead atoms. The molecule has 13 heavy (non-hydrogen) atoms. The number of aromatic nitrogens is 1. The average Bonchev–Trinajstić information content (AvgIpc) is 2.15. The number of pyridine rings is 1. The summed E-state index contributed by atoms with van der Waals surface area (Å²) in [6.07, 6.45) is 1.35. The first-order valence-corrected chi connectivity index (χ1v) is 4.75. The van der Waals surface area contributed by atoms with Crippen LogP contribution < -0.4 is 5.73 Å². The van der Waals surface area contributed by atoms with Crippen molar-refractivity contribution >= 4 is 17.7 Å². The first-order chi connectivity index (χ1) is 6.24. The van der Waals surface area contributed by atoms with Gasteiger partial charge >= 0.3 is 5.97 Å². The number of nitrogens with two attached hydrogens (primary N) is 1. The number of hydrogen-bond donors (Lipinski definition) is 2. The summed E-state index contributed by atoms with van der Waals surface area (Å²) >= 11 is 1.51. The van der Waals surface area contributed by atoms with E-state index in [1.54, 1.807) is 6.07 Å². The minimum absolute atomic E-state index is 0.206. The molecule has 1 heterocycles. The van der Waals surface area contributed by atoms with Crippen LogP contribution in [0.4, 0.5) is 0 Å². The van der Waals surface area contributed by atoms with E-state index in [4.69, 9.17) is 10.8 Å². The van der Waals surface area contributed by atoms with E-state index in [2.05, 4.69) is 4.98 Å². The van der Waals surface area contributed by atoms with Crippen molar-refractivity contribution < 1.29 is 9.90 Å². The standard InChI is InChI=1S/C8H10N2O2S/c9-3-4-13-7-2-1-6(5-10-7)8(11)12/h1-2,5H,3-4,9H2,(H,11,12). The van der Waals surface area contributed by atoms with Gasteiger partial charge in [0.2, 0.25) is 0 Å². The van der Waals surface area contributed by atoms with Gasteiger partial charge in [0.05, 0.1) is 10.6 Å². The lowest BCUT2D eigenvalue weighted by Gasteiger charge is -1.98. The molecule has 0 saturated carbocycles. The van der Waals surface area contributed by atoms with Gasteiger partial charge < -0.3 is 10.8 Å². The van der Waals surface area contributed by atoms with Crippen LogP contribution in [0.25, 0.3) is 0 Å². The van der Waals surface area contributed by atoms with E-state index in [0.29, 0.717) is 6.54 Å². The fourth-order valence-corrected chi connectivity index (χ4v) is 1.37. The minimum Gasteiger partial charge on any atom is -0.478 e. The van der Waals surface area contributed by atoms with Crippen LogP contribution in [-0.4, -0.2) is 28.4 Å². The van der Waals surface area contributed by atoms with Gasteiger partial charge in [-0.15, -0.1) is 11.8 Å². The lowest BCUT2D eigenvalue weighted by atomic mass is 10.3. The lowest BCUT2D eigenvalue weighted by Crippen LogP contribution is -2.02. The third-order valence-corrected chi connectivity index (χ3v) is 2.33. The number of hydrogen-bond acceptors (Lipinski definition) is 4. The van der Waals surface area contributed by atoms with Gasteiger partial charge in [-0.3, -0.25) is 0 Å². The molecule has 0 aromatic carbocycles. The van der Waals surface area contributed by atoms with Crippen molar-refractivity contribution in [2.45, 2.75) is 5.03 Å². The first-order valence-electron chi connectivity index (χ1n) is 3.76. The average molecular weight is 198 g/mol. The Morgan fingerprint density at radius 1 is 1.62 bits per heavy atom. The van der Waals surface area contributed by atoms with Gasteiger partial charge in [-0.1, -0.05) is 0 Å². The molecule has 0 amide bonds. The molecule has 0 aliphatic carbocycles. The summed E-state index contributed by atoms with van der Waals surface area (Å²) in [5.74, 6) is -0.165. The van der Waals surface area contributed by atoms with E-state index in [0.717, 1.165) is 10.8 Å². The van der Waals surface area contributed by atoms with Crippen LogP contribution in [0.1, 0.15) is 10.4 Å². The molecule has 0 radical (unpaired) electrons. The highest BCUT2D eigenvalue weighted by molar-refractivity contribution is 7.99. The molecule has 0 saturated heterocycles. The van der Waals surface area contributed by atoms with Crippen molar-refractivity contribution in [1.82, 2.24) is 4.98 Å². The molecule has 5 heteroatoms. The molecule has 0 spiro atoms. The summed E-state index contributed by atoms with van der Waals surface area (Å²) in [6.45, 7) is 0.590. The predicted molar refractivity (Wildman–Crippen MR) is 51.0 cm³/mol. The maximum absolute atomic E-state index is 10.5. The van der Waals surface area contributed by atoms with E-state index < -0.39 is 5.97 Å². The number of rotatable bonds is 4. The van der Waals surface area contributed by atoms with Crippen LogP contribution in [0.5, 0.6) is 0 Å². The topological polar surface area (TPSA) is 76.2 Å². The molecule has 0 fully saturated rings. The van der Waals surface area contributed by atoms with Crippen LogP contribution in [-0.2, 0) is 0 Å². The molecule has 3 N–H and O–H groups in total. The monoisotopic (exact) mass is 198 g/mol. The van der Waals surface area contributed by atoms with Gasteiger partial charge in [0.25, 0.3) is 0 Å². The van der Waals surface area contributed by atoms with Crippen LogP contribution in [0.2, 0.25) is 0 Å². The largest absolute Gasteiger partial charge is 0.478 e. The summed E-state index contributed by atoms with van der Waals surface area (Å²) in [5.41, 5.74) is 5.52. The van der Waals surface area contributed by atoms with E-state index in [-0.39, 0.29) is 5.56 Å². The quantitative estimate of drug-likeness (QED) is 0.701. The smallest absolute Gasteiger partial charge is 0.337 e. The Kier molecular flexibility index (Phi) is 3.72. The third kappa shape index (κ3) is 3.04. The van der Waals surface area contributed by atoms with Gasteiger partial charge in [-0.05, 0) is 12.1 Å². The number of thioether (sulfide) groups is 1. The van der Waals surface area contributed by atoms with Crippen molar-refractivity contribution in [2.24, 2.45) is 5.73 Å². The summed E-state index contributed by atoms with van der Waals surface area (Å²) in [6, 6.07) is 3.22. The number of aromatic carboxylic acids is 1. The SMILES string of the molecule is NCCSc1ccc(C(=O)O)cn1. The normalized spacial score (nSPS) is 9.92. The summed E-state index contributed by atoms with van der Waals surface area (Å²) in [4.78, 5) is 14.4. The van der Waals surface area contributed by atoms with Crippen LogP contribution in [0.15, 0.2) is 23.4 Å². The van der Waals surface area contributed by atoms with Crippen LogP contribution >= 0.6 is 11.8 Å². The number of carboxylic acid groups (broad SMARTS) is 1.